The monoisotopic (exact) mass is 330 g/mol. The van der Waals surface area contributed by atoms with E-state index in [1.807, 2.05) is 13.0 Å². The van der Waals surface area contributed by atoms with Crippen molar-refractivity contribution in [2.24, 2.45) is 5.41 Å². The van der Waals surface area contributed by atoms with Crippen molar-refractivity contribution in [3.63, 3.8) is 0 Å². The Hall–Kier alpha value is -1.88. The predicted octanol–water partition coefficient (Wildman–Crippen LogP) is 2.73. The zero-order valence-corrected chi connectivity index (χ0v) is 14.1. The number of benzene rings is 1. The smallest absolute Gasteiger partial charge is 0.274 e. The lowest BCUT2D eigenvalue weighted by Gasteiger charge is -2.38. The third kappa shape index (κ3) is 2.71. The largest absolute Gasteiger partial charge is 0.378 e. The molecule has 4 rings (SSSR count). The summed E-state index contributed by atoms with van der Waals surface area (Å²) in [6, 6.07) is 5.22. The summed E-state index contributed by atoms with van der Waals surface area (Å²) in [5.74, 6) is -0.390. The number of amides is 1. The molecule has 1 amide bonds. The fraction of sp³-hybridized carbons (Fsp3) is 0.526. The van der Waals surface area contributed by atoms with Crippen molar-refractivity contribution in [3.8, 4) is 0 Å². The molecule has 0 aromatic heterocycles. The van der Waals surface area contributed by atoms with Gasteiger partial charge < -0.3 is 14.5 Å². The molecule has 5 heteroatoms. The van der Waals surface area contributed by atoms with Crippen LogP contribution >= 0.6 is 0 Å². The topological polar surface area (TPSA) is 32.8 Å². The van der Waals surface area contributed by atoms with Crippen molar-refractivity contribution in [1.82, 2.24) is 4.90 Å². The maximum atomic E-state index is 14.6. The number of aryl methyl sites for hydroxylation is 1. The Morgan fingerprint density at radius 3 is 2.62 bits per heavy atom. The molecule has 1 aliphatic carbocycles. The Morgan fingerprint density at radius 1 is 1.25 bits per heavy atom. The molecule has 0 atom stereocenters. The van der Waals surface area contributed by atoms with Crippen LogP contribution in [0.2, 0.25) is 0 Å². The second-order valence-corrected chi connectivity index (χ2v) is 7.02. The first-order valence-electron chi connectivity index (χ1n) is 8.78. The predicted molar refractivity (Wildman–Crippen MR) is 90.3 cm³/mol. The van der Waals surface area contributed by atoms with E-state index in [1.54, 1.807) is 17.0 Å². The number of hydrogen-bond acceptors (Lipinski definition) is 3. The Bertz CT molecular complexity index is 691. The summed E-state index contributed by atoms with van der Waals surface area (Å²) in [4.78, 5) is 16.8. The summed E-state index contributed by atoms with van der Waals surface area (Å²) >= 11 is 0. The number of morpholine rings is 1. The van der Waals surface area contributed by atoms with E-state index in [0.29, 0.717) is 25.4 Å². The zero-order chi connectivity index (χ0) is 16.7. The van der Waals surface area contributed by atoms with E-state index in [4.69, 9.17) is 4.74 Å². The van der Waals surface area contributed by atoms with Gasteiger partial charge in [-0.15, -0.1) is 0 Å². The van der Waals surface area contributed by atoms with Gasteiger partial charge in [-0.3, -0.25) is 4.79 Å². The summed E-state index contributed by atoms with van der Waals surface area (Å²) in [6.07, 6.45) is 5.06. The van der Waals surface area contributed by atoms with Crippen LogP contribution in [-0.2, 0) is 16.0 Å². The lowest BCUT2D eigenvalue weighted by molar-refractivity contribution is -0.118. The number of halogens is 1. The number of carbonyl (C=O) groups is 1. The van der Waals surface area contributed by atoms with Crippen molar-refractivity contribution >= 4 is 11.6 Å². The molecule has 2 fully saturated rings. The number of carbonyl (C=O) groups excluding carboxylic acids is 1. The number of hydrogen-bond donors (Lipinski definition) is 0. The van der Waals surface area contributed by atoms with Gasteiger partial charge in [0.1, 0.15) is 5.82 Å². The van der Waals surface area contributed by atoms with Crippen LogP contribution in [-0.4, -0.2) is 43.7 Å². The lowest BCUT2D eigenvalue weighted by atomic mass is 9.98. The van der Waals surface area contributed by atoms with Gasteiger partial charge in [-0.05, 0) is 43.0 Å². The normalized spacial score (nSPS) is 22.8. The molecule has 4 nitrogen and oxygen atoms in total. The second-order valence-electron chi connectivity index (χ2n) is 7.02. The molecular formula is C19H23FN2O2. The minimum atomic E-state index is -0.304. The van der Waals surface area contributed by atoms with Crippen molar-refractivity contribution in [1.29, 1.82) is 0 Å². The minimum Gasteiger partial charge on any atom is -0.378 e. The van der Waals surface area contributed by atoms with Crippen LogP contribution in [0.15, 0.2) is 30.0 Å². The highest BCUT2D eigenvalue weighted by molar-refractivity contribution is 6.06. The molecule has 24 heavy (non-hydrogen) atoms. The van der Waals surface area contributed by atoms with Crippen molar-refractivity contribution in [2.45, 2.75) is 26.2 Å². The summed E-state index contributed by atoms with van der Waals surface area (Å²) in [5, 5.41) is 0. The quantitative estimate of drug-likeness (QED) is 0.854. The van der Waals surface area contributed by atoms with Crippen LogP contribution in [0.3, 0.4) is 0 Å². The molecule has 1 aromatic carbocycles. The fourth-order valence-electron chi connectivity index (χ4n) is 3.60. The lowest BCUT2D eigenvalue weighted by Crippen LogP contribution is -2.48. The molecule has 0 bridgehead atoms. The van der Waals surface area contributed by atoms with Crippen LogP contribution < -0.4 is 4.90 Å². The Morgan fingerprint density at radius 2 is 2.00 bits per heavy atom. The summed E-state index contributed by atoms with van der Waals surface area (Å²) in [6.45, 7) is 5.30. The average Bonchev–Trinajstić information content (AvgIpc) is 3.37. The van der Waals surface area contributed by atoms with E-state index in [-0.39, 0.29) is 17.1 Å². The molecule has 1 saturated carbocycles. The average molecular weight is 330 g/mol. The first-order chi connectivity index (χ1) is 11.6. The van der Waals surface area contributed by atoms with Crippen LogP contribution in [0, 0.1) is 11.2 Å². The van der Waals surface area contributed by atoms with E-state index >= 15 is 0 Å². The second kappa shape index (κ2) is 5.88. The molecule has 2 aliphatic heterocycles. The molecule has 1 aromatic rings. The molecule has 1 saturated heterocycles. The van der Waals surface area contributed by atoms with E-state index in [2.05, 4.69) is 11.0 Å². The van der Waals surface area contributed by atoms with Crippen molar-refractivity contribution < 1.29 is 13.9 Å². The van der Waals surface area contributed by atoms with E-state index in [9.17, 15) is 9.18 Å². The summed E-state index contributed by atoms with van der Waals surface area (Å²) in [7, 11) is 0. The molecule has 0 radical (unpaired) electrons. The third-order valence-electron chi connectivity index (χ3n) is 5.34. The van der Waals surface area contributed by atoms with Crippen LogP contribution in [0.4, 0.5) is 10.1 Å². The van der Waals surface area contributed by atoms with Gasteiger partial charge in [-0.2, -0.15) is 0 Å². The first-order valence-corrected chi connectivity index (χ1v) is 8.78. The van der Waals surface area contributed by atoms with Gasteiger partial charge in [-0.1, -0.05) is 13.0 Å². The number of anilines is 1. The van der Waals surface area contributed by atoms with Crippen LogP contribution in [0.5, 0.6) is 0 Å². The van der Waals surface area contributed by atoms with Gasteiger partial charge in [0.25, 0.3) is 5.91 Å². The van der Waals surface area contributed by atoms with Gasteiger partial charge in [0, 0.05) is 25.0 Å². The van der Waals surface area contributed by atoms with Gasteiger partial charge in [0.05, 0.1) is 24.6 Å². The van der Waals surface area contributed by atoms with Crippen LogP contribution in [0.25, 0.3) is 0 Å². The fourth-order valence-corrected chi connectivity index (χ4v) is 3.60. The van der Waals surface area contributed by atoms with Crippen molar-refractivity contribution in [2.75, 3.05) is 37.7 Å². The van der Waals surface area contributed by atoms with E-state index < -0.39 is 0 Å². The molecule has 0 N–H and O–H groups in total. The van der Waals surface area contributed by atoms with Gasteiger partial charge in [-0.25, -0.2) is 4.39 Å². The molecule has 0 unspecified atom stereocenters. The number of rotatable bonds is 3. The Labute approximate surface area is 141 Å². The highest BCUT2D eigenvalue weighted by Crippen LogP contribution is 2.51. The summed E-state index contributed by atoms with van der Waals surface area (Å²) in [5.41, 5.74) is 2.12. The highest BCUT2D eigenvalue weighted by atomic mass is 19.1. The Kier molecular flexibility index (Phi) is 3.83. The number of nitrogens with zero attached hydrogens (tertiary/aromatic N) is 2. The summed E-state index contributed by atoms with van der Waals surface area (Å²) < 4.78 is 20.0. The van der Waals surface area contributed by atoms with E-state index in [0.717, 1.165) is 43.6 Å². The molecule has 1 spiro atoms. The molecular weight excluding hydrogens is 307 g/mol. The maximum Gasteiger partial charge on any atom is 0.274 e. The van der Waals surface area contributed by atoms with E-state index in [1.165, 1.54) is 0 Å². The number of ether oxygens (including phenoxy) is 1. The standard InChI is InChI=1S/C19H23FN2O2/c1-2-14-3-4-16(15(20)11-14)22-13-19(5-6-19)12-17(18(22)23)21-7-9-24-10-8-21/h3-4,11-12H,2,5-10,13H2,1H3. The maximum absolute atomic E-state index is 14.6. The molecule has 3 aliphatic rings. The van der Waals surface area contributed by atoms with Gasteiger partial charge in [0.15, 0.2) is 0 Å². The Balaban J connectivity index is 1.67. The zero-order valence-electron chi connectivity index (χ0n) is 14.1. The minimum absolute atomic E-state index is 0.0391. The SMILES string of the molecule is CCc1ccc(N2CC3(C=C(N4CCOCC4)C2=O)CC3)c(F)c1. The third-order valence-corrected chi connectivity index (χ3v) is 5.34. The molecule has 128 valence electrons. The van der Waals surface area contributed by atoms with Gasteiger partial charge >= 0.3 is 0 Å². The molecule has 2 heterocycles. The first kappa shape index (κ1) is 15.6. The van der Waals surface area contributed by atoms with Crippen LogP contribution in [0.1, 0.15) is 25.3 Å². The van der Waals surface area contributed by atoms with Gasteiger partial charge in [0.2, 0.25) is 0 Å². The van der Waals surface area contributed by atoms with Crippen molar-refractivity contribution in [3.05, 3.63) is 41.4 Å². The highest BCUT2D eigenvalue weighted by Gasteiger charge is 2.48.